The summed E-state index contributed by atoms with van der Waals surface area (Å²) in [4.78, 5) is 12.0. The number of carbonyl (C=O) groups is 1. The van der Waals surface area contributed by atoms with Gasteiger partial charge < -0.3 is 0 Å². The second-order valence-electron chi connectivity index (χ2n) is 5.02. The molecule has 0 aliphatic carbocycles. The number of alkyl halides is 3. The van der Waals surface area contributed by atoms with Gasteiger partial charge in [-0.05, 0) is 42.0 Å². The molecule has 0 radical (unpaired) electrons. The molecule has 1 N–H and O–H groups in total. The normalized spacial score (nSPS) is 12.3. The van der Waals surface area contributed by atoms with E-state index in [0.29, 0.717) is 9.88 Å². The number of rotatable bonds is 4. The molecular formula is C16H10BrClF3NO3S. The van der Waals surface area contributed by atoms with Gasteiger partial charge in [0.25, 0.3) is 15.9 Å². The number of halogens is 5. The third-order valence-corrected chi connectivity index (χ3v) is 4.86. The van der Waals surface area contributed by atoms with Crippen LogP contribution >= 0.6 is 27.5 Å². The first-order chi connectivity index (χ1) is 12.0. The number of nitrogens with one attached hydrogen (secondary N) is 1. The van der Waals surface area contributed by atoms with Gasteiger partial charge in [0.15, 0.2) is 0 Å². The van der Waals surface area contributed by atoms with E-state index in [1.165, 1.54) is 18.2 Å². The maximum absolute atomic E-state index is 12.5. The molecule has 0 atom stereocenters. The first-order valence-corrected chi connectivity index (χ1v) is 9.57. The van der Waals surface area contributed by atoms with Crippen LogP contribution in [0.2, 0.25) is 5.02 Å². The van der Waals surface area contributed by atoms with Crippen molar-refractivity contribution in [1.82, 2.24) is 4.72 Å². The van der Waals surface area contributed by atoms with Gasteiger partial charge in [-0.2, -0.15) is 13.2 Å². The summed E-state index contributed by atoms with van der Waals surface area (Å²) in [5.41, 5.74) is -0.672. The maximum atomic E-state index is 12.5. The van der Waals surface area contributed by atoms with Gasteiger partial charge in [0.1, 0.15) is 0 Å². The Morgan fingerprint density at radius 2 is 1.73 bits per heavy atom. The van der Waals surface area contributed by atoms with Crippen LogP contribution in [0.1, 0.15) is 21.5 Å². The van der Waals surface area contributed by atoms with Crippen molar-refractivity contribution in [2.75, 3.05) is 0 Å². The van der Waals surface area contributed by atoms with Crippen molar-refractivity contribution in [3.63, 3.8) is 0 Å². The highest BCUT2D eigenvalue weighted by Gasteiger charge is 2.29. The van der Waals surface area contributed by atoms with Crippen molar-refractivity contribution in [2.45, 2.75) is 6.18 Å². The lowest BCUT2D eigenvalue weighted by atomic mass is 10.1. The minimum Gasteiger partial charge on any atom is -0.268 e. The highest BCUT2D eigenvalue weighted by molar-refractivity contribution is 9.10. The van der Waals surface area contributed by atoms with E-state index < -0.39 is 27.7 Å². The zero-order chi connectivity index (χ0) is 19.5. The molecule has 1 amide bonds. The van der Waals surface area contributed by atoms with Crippen LogP contribution in [0, 0.1) is 0 Å². The summed E-state index contributed by atoms with van der Waals surface area (Å²) in [6.07, 6.45) is -3.41. The van der Waals surface area contributed by atoms with Crippen LogP contribution in [0.5, 0.6) is 0 Å². The first kappa shape index (κ1) is 20.5. The second kappa shape index (κ2) is 7.81. The third kappa shape index (κ3) is 5.58. The number of carbonyl (C=O) groups excluding carboxylic acids is 1. The van der Waals surface area contributed by atoms with E-state index in [4.69, 9.17) is 11.6 Å². The minimum atomic E-state index is -4.48. The molecule has 10 heteroatoms. The van der Waals surface area contributed by atoms with Crippen molar-refractivity contribution in [2.24, 2.45) is 0 Å². The van der Waals surface area contributed by atoms with Crippen LogP contribution in [-0.2, 0) is 16.2 Å². The number of hydrogen-bond acceptors (Lipinski definition) is 3. The highest BCUT2D eigenvalue weighted by Crippen LogP contribution is 2.29. The molecule has 0 saturated heterocycles. The van der Waals surface area contributed by atoms with Crippen LogP contribution < -0.4 is 4.72 Å². The van der Waals surface area contributed by atoms with Crippen molar-refractivity contribution in [3.8, 4) is 0 Å². The lowest BCUT2D eigenvalue weighted by Crippen LogP contribution is -2.29. The molecule has 0 aromatic heterocycles. The first-order valence-electron chi connectivity index (χ1n) is 6.85. The summed E-state index contributed by atoms with van der Waals surface area (Å²) in [6.45, 7) is 0. The molecule has 26 heavy (non-hydrogen) atoms. The van der Waals surface area contributed by atoms with Crippen molar-refractivity contribution in [1.29, 1.82) is 0 Å². The van der Waals surface area contributed by atoms with Crippen LogP contribution in [0.3, 0.4) is 0 Å². The maximum Gasteiger partial charge on any atom is 0.416 e. The van der Waals surface area contributed by atoms with E-state index in [1.807, 2.05) is 0 Å². The summed E-state index contributed by atoms with van der Waals surface area (Å²) in [5.74, 6) is -0.931. The Balaban J connectivity index is 2.12. The van der Waals surface area contributed by atoms with E-state index in [2.05, 4.69) is 15.9 Å². The zero-order valence-corrected chi connectivity index (χ0v) is 15.9. The average Bonchev–Trinajstić information content (AvgIpc) is 2.52. The van der Waals surface area contributed by atoms with E-state index in [0.717, 1.165) is 30.3 Å². The Bertz CT molecular complexity index is 958. The average molecular weight is 469 g/mol. The molecule has 0 spiro atoms. The molecule has 0 saturated carbocycles. The van der Waals surface area contributed by atoms with E-state index in [9.17, 15) is 26.4 Å². The van der Waals surface area contributed by atoms with Crippen LogP contribution in [0.25, 0.3) is 6.08 Å². The van der Waals surface area contributed by atoms with Crippen LogP contribution in [0.4, 0.5) is 13.2 Å². The van der Waals surface area contributed by atoms with Crippen LogP contribution in [-0.4, -0.2) is 14.3 Å². The van der Waals surface area contributed by atoms with Crippen molar-refractivity contribution >= 4 is 49.5 Å². The molecule has 0 aliphatic rings. The van der Waals surface area contributed by atoms with Gasteiger partial charge in [-0.15, -0.1) is 0 Å². The largest absolute Gasteiger partial charge is 0.416 e. The molecule has 0 fully saturated rings. The number of sulfonamides is 1. The lowest BCUT2D eigenvalue weighted by molar-refractivity contribution is -0.137. The second-order valence-corrected chi connectivity index (χ2v) is 7.91. The predicted molar refractivity (Wildman–Crippen MR) is 96.0 cm³/mol. The van der Waals surface area contributed by atoms with Gasteiger partial charge in [-0.1, -0.05) is 39.7 Å². The molecule has 138 valence electrons. The molecule has 2 rings (SSSR count). The number of benzene rings is 2. The Labute approximate surface area is 160 Å². The fourth-order valence-electron chi connectivity index (χ4n) is 1.84. The highest BCUT2D eigenvalue weighted by atomic mass is 79.9. The van der Waals surface area contributed by atoms with E-state index in [1.54, 1.807) is 4.72 Å². The lowest BCUT2D eigenvalue weighted by Gasteiger charge is -2.07. The van der Waals surface area contributed by atoms with Gasteiger partial charge >= 0.3 is 6.18 Å². The Hall–Kier alpha value is -1.84. The van der Waals surface area contributed by atoms with Gasteiger partial charge in [0, 0.05) is 4.47 Å². The predicted octanol–water partition coefficient (Wildman–Crippen LogP) is 4.85. The summed E-state index contributed by atoms with van der Waals surface area (Å²) in [7, 11) is -4.17. The fourth-order valence-corrected chi connectivity index (χ4v) is 3.38. The van der Waals surface area contributed by atoms with Gasteiger partial charge in [-0.25, -0.2) is 13.1 Å². The summed E-state index contributed by atoms with van der Waals surface area (Å²) in [6, 6.07) is 8.17. The number of hydrogen-bond donors (Lipinski definition) is 1. The zero-order valence-electron chi connectivity index (χ0n) is 12.7. The monoisotopic (exact) mass is 467 g/mol. The van der Waals surface area contributed by atoms with Crippen LogP contribution in [0.15, 0.2) is 52.3 Å². The topological polar surface area (TPSA) is 63.2 Å². The molecular weight excluding hydrogens is 459 g/mol. The minimum absolute atomic E-state index is 0.0404. The third-order valence-electron chi connectivity index (χ3n) is 3.09. The van der Waals surface area contributed by atoms with E-state index in [-0.39, 0.29) is 16.1 Å². The quantitative estimate of drug-likeness (QED) is 0.698. The SMILES string of the molecule is O=C(NS(=O)(=O)C=Cc1ccc(C(F)(F)F)cc1)c1ccc(Br)cc1Cl. The molecule has 2 aromatic carbocycles. The molecule has 4 nitrogen and oxygen atoms in total. The Kier molecular flexibility index (Phi) is 6.15. The Morgan fingerprint density at radius 3 is 2.27 bits per heavy atom. The smallest absolute Gasteiger partial charge is 0.268 e. The van der Waals surface area contributed by atoms with Crippen molar-refractivity contribution < 1.29 is 26.4 Å². The Morgan fingerprint density at radius 1 is 1.12 bits per heavy atom. The fraction of sp³-hybridized carbons (Fsp3) is 0.0625. The van der Waals surface area contributed by atoms with Crippen molar-refractivity contribution in [3.05, 3.63) is 74.1 Å². The standard InChI is InChI=1S/C16H10BrClF3NO3S/c17-12-5-6-13(14(18)9-12)15(23)22-26(24,25)8-7-10-1-3-11(4-2-10)16(19,20)21/h1-9H,(H,22,23). The molecule has 0 bridgehead atoms. The van der Waals surface area contributed by atoms with Gasteiger partial charge in [0.2, 0.25) is 0 Å². The van der Waals surface area contributed by atoms with E-state index >= 15 is 0 Å². The number of amides is 1. The summed E-state index contributed by atoms with van der Waals surface area (Å²) >= 11 is 9.04. The van der Waals surface area contributed by atoms with Gasteiger partial charge in [-0.3, -0.25) is 4.79 Å². The van der Waals surface area contributed by atoms with Gasteiger partial charge in [0.05, 0.1) is 21.6 Å². The molecule has 0 heterocycles. The molecule has 0 unspecified atom stereocenters. The summed E-state index contributed by atoms with van der Waals surface area (Å²) in [5, 5.41) is 0.735. The molecule has 0 aliphatic heterocycles. The molecule has 2 aromatic rings. The summed E-state index contributed by atoms with van der Waals surface area (Å²) < 4.78 is 63.7.